The molecule has 1 aromatic carbocycles. The van der Waals surface area contributed by atoms with Gasteiger partial charge in [0.15, 0.2) is 0 Å². The Hall–Kier alpha value is -1.40. The van der Waals surface area contributed by atoms with E-state index in [4.69, 9.17) is 5.11 Å². The van der Waals surface area contributed by atoms with Crippen LogP contribution in [0.15, 0.2) is 24.3 Å². The summed E-state index contributed by atoms with van der Waals surface area (Å²) in [4.78, 5) is 11.0. The van der Waals surface area contributed by atoms with Gasteiger partial charge >= 0.3 is 5.97 Å². The summed E-state index contributed by atoms with van der Waals surface area (Å²) in [5.74, 6) is -0.872. The van der Waals surface area contributed by atoms with Crippen LogP contribution in [0, 0.1) is 5.92 Å². The van der Waals surface area contributed by atoms with E-state index in [2.05, 4.69) is 5.32 Å². The summed E-state index contributed by atoms with van der Waals surface area (Å²) in [6.45, 7) is 0.500. The lowest BCUT2D eigenvalue weighted by atomic mass is 9.94. The van der Waals surface area contributed by atoms with E-state index in [0.717, 1.165) is 24.0 Å². The number of carbonyl (C=O) groups is 1. The molecule has 1 aliphatic carbocycles. The third-order valence-electron chi connectivity index (χ3n) is 4.80. The molecule has 0 bridgehead atoms. The first-order valence-corrected chi connectivity index (χ1v) is 9.59. The molecule has 0 spiro atoms. The van der Waals surface area contributed by atoms with Gasteiger partial charge in [-0.1, -0.05) is 24.3 Å². The number of carboxylic acids is 1. The largest absolute Gasteiger partial charge is 0.481 e. The maximum Gasteiger partial charge on any atom is 0.307 e. The predicted molar refractivity (Wildman–Crippen MR) is 83.6 cm³/mol. The Labute approximate surface area is 130 Å². The molecule has 1 aliphatic heterocycles. The van der Waals surface area contributed by atoms with E-state index in [0.29, 0.717) is 13.0 Å². The number of carboxylic acid groups (broad SMARTS) is 1. The van der Waals surface area contributed by atoms with Gasteiger partial charge in [-0.15, -0.1) is 0 Å². The van der Waals surface area contributed by atoms with Gasteiger partial charge < -0.3 is 10.4 Å². The lowest BCUT2D eigenvalue weighted by Gasteiger charge is -2.17. The number of hydrogen-bond acceptors (Lipinski definition) is 4. The molecule has 1 heterocycles. The van der Waals surface area contributed by atoms with Crippen LogP contribution in [0.1, 0.15) is 36.4 Å². The highest BCUT2D eigenvalue weighted by Gasteiger charge is 2.46. The van der Waals surface area contributed by atoms with Crippen LogP contribution in [-0.2, 0) is 20.0 Å². The van der Waals surface area contributed by atoms with Gasteiger partial charge in [-0.2, -0.15) is 0 Å². The zero-order chi connectivity index (χ0) is 16.0. The smallest absolute Gasteiger partial charge is 0.307 e. The van der Waals surface area contributed by atoms with Crippen LogP contribution < -0.4 is 5.32 Å². The number of nitrogens with one attached hydrogen (secondary N) is 1. The van der Waals surface area contributed by atoms with E-state index in [-0.39, 0.29) is 23.1 Å². The van der Waals surface area contributed by atoms with Crippen LogP contribution in [0.25, 0.3) is 0 Å². The normalized spacial score (nSPS) is 26.8. The van der Waals surface area contributed by atoms with Crippen LogP contribution in [0.5, 0.6) is 0 Å². The summed E-state index contributed by atoms with van der Waals surface area (Å²) in [6, 6.07) is 8.08. The zero-order valence-electron chi connectivity index (χ0n) is 12.6. The first kappa shape index (κ1) is 15.5. The molecule has 0 radical (unpaired) electrons. The Bertz CT molecular complexity index is 677. The van der Waals surface area contributed by atoms with Crippen molar-refractivity contribution in [2.24, 2.45) is 5.92 Å². The minimum absolute atomic E-state index is 0.0696. The molecule has 2 fully saturated rings. The van der Waals surface area contributed by atoms with Crippen LogP contribution in [0.4, 0.5) is 0 Å². The molecule has 22 heavy (non-hydrogen) atoms. The molecule has 1 saturated carbocycles. The molecular formula is C16H21NO4S. The van der Waals surface area contributed by atoms with Crippen LogP contribution in [0.3, 0.4) is 0 Å². The van der Waals surface area contributed by atoms with Crippen LogP contribution in [-0.4, -0.2) is 38.0 Å². The average Bonchev–Trinajstić information content (AvgIpc) is 3.03. The second-order valence-electron chi connectivity index (χ2n) is 6.70. The third kappa shape index (κ3) is 3.17. The minimum Gasteiger partial charge on any atom is -0.481 e. The first-order valence-electron chi connectivity index (χ1n) is 7.53. The first-order chi connectivity index (χ1) is 10.3. The van der Waals surface area contributed by atoms with Crippen LogP contribution in [0.2, 0.25) is 0 Å². The number of hydrogen-bond donors (Lipinski definition) is 2. The van der Waals surface area contributed by atoms with E-state index >= 15 is 0 Å². The second-order valence-corrected chi connectivity index (χ2v) is 8.84. The SMILES string of the molecule is CS(=O)(=O)CC1(c2ccc(C3CC(C(=O)O)CN3)cc2)CC1. The molecular weight excluding hydrogens is 302 g/mol. The van der Waals surface area contributed by atoms with Crippen molar-refractivity contribution in [2.75, 3.05) is 18.6 Å². The van der Waals surface area contributed by atoms with Crippen molar-refractivity contribution in [2.45, 2.75) is 30.7 Å². The highest BCUT2D eigenvalue weighted by atomic mass is 32.2. The highest BCUT2D eigenvalue weighted by Crippen LogP contribution is 2.49. The van der Waals surface area contributed by atoms with Gasteiger partial charge in [-0.05, 0) is 30.4 Å². The third-order valence-corrected chi connectivity index (χ3v) is 5.87. The topological polar surface area (TPSA) is 83.5 Å². The van der Waals surface area contributed by atoms with Crippen molar-refractivity contribution < 1.29 is 18.3 Å². The molecule has 5 nitrogen and oxygen atoms in total. The molecule has 2 atom stereocenters. The average molecular weight is 323 g/mol. The van der Waals surface area contributed by atoms with Crippen molar-refractivity contribution in [1.29, 1.82) is 0 Å². The summed E-state index contributed by atoms with van der Waals surface area (Å²) < 4.78 is 23.1. The molecule has 1 aromatic rings. The summed E-state index contributed by atoms with van der Waals surface area (Å²) in [5, 5.41) is 12.3. The Kier molecular flexibility index (Phi) is 3.77. The van der Waals surface area contributed by atoms with Gasteiger partial charge in [0, 0.05) is 24.3 Å². The summed E-state index contributed by atoms with van der Waals surface area (Å²) >= 11 is 0. The molecule has 1 saturated heterocycles. The van der Waals surface area contributed by atoms with E-state index in [1.807, 2.05) is 24.3 Å². The van der Waals surface area contributed by atoms with Crippen molar-refractivity contribution in [3.05, 3.63) is 35.4 Å². The fraction of sp³-hybridized carbons (Fsp3) is 0.562. The van der Waals surface area contributed by atoms with Crippen molar-refractivity contribution in [1.82, 2.24) is 5.32 Å². The zero-order valence-corrected chi connectivity index (χ0v) is 13.4. The Morgan fingerprint density at radius 1 is 1.32 bits per heavy atom. The standard InChI is InChI=1S/C16H21NO4S/c1-22(20,21)10-16(6-7-16)13-4-2-11(3-5-13)14-8-12(9-17-14)15(18)19/h2-5,12,14,17H,6-10H2,1H3,(H,18,19). The summed E-state index contributed by atoms with van der Waals surface area (Å²) in [5.41, 5.74) is 1.95. The number of aliphatic carboxylic acids is 1. The van der Waals surface area contributed by atoms with E-state index in [1.54, 1.807) is 0 Å². The molecule has 3 rings (SSSR count). The van der Waals surface area contributed by atoms with Gasteiger partial charge in [0.05, 0.1) is 11.7 Å². The molecule has 0 aromatic heterocycles. The highest BCUT2D eigenvalue weighted by molar-refractivity contribution is 7.90. The summed E-state index contributed by atoms with van der Waals surface area (Å²) in [7, 11) is -2.99. The van der Waals surface area contributed by atoms with Gasteiger partial charge in [0.1, 0.15) is 9.84 Å². The number of rotatable bonds is 5. The molecule has 120 valence electrons. The van der Waals surface area contributed by atoms with Gasteiger partial charge in [0.25, 0.3) is 0 Å². The number of sulfone groups is 1. The van der Waals surface area contributed by atoms with Crippen molar-refractivity contribution in [3.63, 3.8) is 0 Å². The van der Waals surface area contributed by atoms with Crippen LogP contribution >= 0.6 is 0 Å². The Morgan fingerprint density at radius 3 is 2.41 bits per heavy atom. The van der Waals surface area contributed by atoms with Gasteiger partial charge in [-0.25, -0.2) is 8.42 Å². The quantitative estimate of drug-likeness (QED) is 0.858. The van der Waals surface area contributed by atoms with Gasteiger partial charge in [0.2, 0.25) is 0 Å². The summed E-state index contributed by atoms with van der Waals surface area (Å²) in [6.07, 6.45) is 3.73. The van der Waals surface area contributed by atoms with E-state index in [9.17, 15) is 13.2 Å². The fourth-order valence-electron chi connectivity index (χ4n) is 3.42. The fourth-order valence-corrected chi connectivity index (χ4v) is 4.87. The molecule has 6 heteroatoms. The molecule has 2 N–H and O–H groups in total. The minimum atomic E-state index is -2.99. The molecule has 2 aliphatic rings. The Balaban J connectivity index is 1.73. The monoisotopic (exact) mass is 323 g/mol. The molecule has 2 unspecified atom stereocenters. The van der Waals surface area contributed by atoms with Crippen molar-refractivity contribution in [3.8, 4) is 0 Å². The predicted octanol–water partition coefficient (Wildman–Crippen LogP) is 1.50. The lowest BCUT2D eigenvalue weighted by molar-refractivity contribution is -0.141. The second kappa shape index (κ2) is 5.35. The number of benzene rings is 1. The van der Waals surface area contributed by atoms with Crippen molar-refractivity contribution >= 4 is 15.8 Å². The van der Waals surface area contributed by atoms with E-state index < -0.39 is 15.8 Å². The molecule has 0 amide bonds. The maximum absolute atomic E-state index is 11.6. The van der Waals surface area contributed by atoms with Gasteiger partial charge in [-0.3, -0.25) is 4.79 Å². The Morgan fingerprint density at radius 2 is 1.95 bits per heavy atom. The lowest BCUT2D eigenvalue weighted by Crippen LogP contribution is -2.20. The van der Waals surface area contributed by atoms with E-state index in [1.165, 1.54) is 6.26 Å². The maximum atomic E-state index is 11.6.